The molecule has 0 saturated carbocycles. The highest BCUT2D eigenvalue weighted by Gasteiger charge is 2.61. The van der Waals surface area contributed by atoms with Gasteiger partial charge in [0.1, 0.15) is 100 Å². The van der Waals surface area contributed by atoms with E-state index in [0.717, 1.165) is 0 Å². The molecule has 4 unspecified atom stereocenters. The lowest BCUT2D eigenvalue weighted by Crippen LogP contribution is -2.63. The zero-order valence-electron chi connectivity index (χ0n) is 35.7. The number of esters is 4. The number of hydrogen-bond donors (Lipinski definition) is 8. The lowest BCUT2D eigenvalue weighted by Gasteiger charge is -2.44. The summed E-state index contributed by atoms with van der Waals surface area (Å²) in [6.07, 6.45) is -19.9. The van der Waals surface area contributed by atoms with Gasteiger partial charge >= 0.3 is 23.9 Å². The van der Waals surface area contributed by atoms with Gasteiger partial charge in [-0.15, -0.1) is 0 Å². The average Bonchev–Trinajstić information content (AvgIpc) is 3.51. The van der Waals surface area contributed by atoms with Crippen molar-refractivity contribution in [1.82, 2.24) is 0 Å². The van der Waals surface area contributed by atoms with Crippen LogP contribution >= 0.6 is 0 Å². The fourth-order valence-electron chi connectivity index (χ4n) is 5.45. The molecule has 2 saturated heterocycles. The number of carbonyl (C=O) groups is 4. The Hall–Kier alpha value is -3.76. The van der Waals surface area contributed by atoms with Gasteiger partial charge in [0.25, 0.3) is 0 Å². The van der Waals surface area contributed by atoms with Crippen LogP contribution < -0.4 is 0 Å². The highest BCUT2D eigenvalue weighted by molar-refractivity contribution is 5.88. The van der Waals surface area contributed by atoms with Crippen molar-refractivity contribution in [3.8, 4) is 0 Å². The summed E-state index contributed by atoms with van der Waals surface area (Å²) in [4.78, 5) is 47.9. The molecule has 0 aromatic carbocycles. The molecule has 0 aromatic rings. The van der Waals surface area contributed by atoms with Crippen LogP contribution in [0.4, 0.5) is 0 Å². The molecule has 0 aromatic heterocycles. The van der Waals surface area contributed by atoms with E-state index in [1.165, 1.54) is 27.7 Å². The smallest absolute Gasteiger partial charge is 0.333 e. The van der Waals surface area contributed by atoms with E-state index in [9.17, 15) is 60.0 Å². The molecule has 2 heterocycles. The van der Waals surface area contributed by atoms with Crippen LogP contribution in [-0.4, -0.2) is 217 Å². The maximum atomic E-state index is 12.1. The Morgan fingerprint density at radius 3 is 1.41 bits per heavy atom. The molecule has 2 fully saturated rings. The summed E-state index contributed by atoms with van der Waals surface area (Å²) >= 11 is 0. The van der Waals surface area contributed by atoms with Crippen molar-refractivity contribution < 1.29 is 112 Å². The molecule has 0 radical (unpaired) electrons. The summed E-state index contributed by atoms with van der Waals surface area (Å²) in [6, 6.07) is 0. The zero-order chi connectivity index (χ0) is 47.6. The van der Waals surface area contributed by atoms with Gasteiger partial charge in [-0.25, -0.2) is 19.2 Å². The minimum absolute atomic E-state index is 0.0240. The van der Waals surface area contributed by atoms with Gasteiger partial charge in [-0.1, -0.05) is 26.3 Å². The van der Waals surface area contributed by atoms with E-state index in [2.05, 4.69) is 26.3 Å². The third-order valence-electron chi connectivity index (χ3n) is 8.79. The molecule has 23 nitrogen and oxygen atoms in total. The summed E-state index contributed by atoms with van der Waals surface area (Å²) in [5.41, 5.74) is 0.180. The molecule has 23 heteroatoms. The van der Waals surface area contributed by atoms with Crippen LogP contribution in [0.25, 0.3) is 0 Å². The predicted octanol–water partition coefficient (Wildman–Crippen LogP) is -3.38. The average molecular weight is 911 g/mol. The van der Waals surface area contributed by atoms with Crippen molar-refractivity contribution in [2.45, 2.75) is 107 Å². The van der Waals surface area contributed by atoms with Crippen molar-refractivity contribution in [2.75, 3.05) is 72.7 Å². The third kappa shape index (κ3) is 18.0. The lowest BCUT2D eigenvalue weighted by atomic mass is 9.99. The first-order chi connectivity index (χ1) is 29.5. The maximum Gasteiger partial charge on any atom is 0.333 e. The number of aliphatic hydroxyl groups is 8. The second-order valence-corrected chi connectivity index (χ2v) is 15.0. The van der Waals surface area contributed by atoms with Crippen LogP contribution in [-0.2, 0) is 71.3 Å². The number of aliphatic hydroxyl groups excluding tert-OH is 8. The van der Waals surface area contributed by atoms with Gasteiger partial charge in [-0.05, 0) is 27.7 Å². The molecule has 360 valence electrons. The molecule has 0 spiro atoms. The summed E-state index contributed by atoms with van der Waals surface area (Å²) < 4.78 is 61.8. The molecular formula is C40H62O23. The van der Waals surface area contributed by atoms with E-state index in [-0.39, 0.29) is 22.3 Å². The Morgan fingerprint density at radius 2 is 0.984 bits per heavy atom. The van der Waals surface area contributed by atoms with Crippen LogP contribution in [0.5, 0.6) is 0 Å². The fourth-order valence-corrected chi connectivity index (χ4v) is 5.45. The Bertz CT molecular complexity index is 1550. The molecule has 0 bridgehead atoms. The summed E-state index contributed by atoms with van der Waals surface area (Å²) in [7, 11) is 0. The lowest BCUT2D eigenvalue weighted by molar-refractivity contribution is -0.388. The van der Waals surface area contributed by atoms with Crippen LogP contribution in [0, 0.1) is 0 Å². The van der Waals surface area contributed by atoms with Crippen LogP contribution in [0.15, 0.2) is 48.6 Å². The predicted molar refractivity (Wildman–Crippen MR) is 211 cm³/mol. The van der Waals surface area contributed by atoms with E-state index in [0.29, 0.717) is 0 Å². The minimum Gasteiger partial charge on any atom is -0.460 e. The standard InChI is InChI=1S/C40H62O23/c1-20(2)35(49)57-14-24(42)10-53-18-29-33(55-12-26(44)16-59-37(51)22(5)6)34(56-13-27(45)17-60-38(52)23(7)8)40(62-29,19-54-11-25(43)15-58-36(50)21(3)4)63-39-32(48)31(47)30(46)28(9-41)61-39/h24-34,39,41-48H,1,3,5,7,9-19H2,2,4,6,8H3/t24?,25?,26?,27?,28-,29-,30-,31+,32-,33-,34+,39-,40+/m1/s1. The highest BCUT2D eigenvalue weighted by atomic mass is 16.8. The van der Waals surface area contributed by atoms with Crippen molar-refractivity contribution in [2.24, 2.45) is 0 Å². The van der Waals surface area contributed by atoms with E-state index in [1.54, 1.807) is 0 Å². The van der Waals surface area contributed by atoms with Gasteiger partial charge in [0.15, 0.2) is 6.29 Å². The van der Waals surface area contributed by atoms with Gasteiger partial charge in [0.05, 0.1) is 39.6 Å². The highest BCUT2D eigenvalue weighted by Crippen LogP contribution is 2.40. The number of carbonyl (C=O) groups excluding carboxylic acids is 4. The first-order valence-electron chi connectivity index (χ1n) is 19.6. The largest absolute Gasteiger partial charge is 0.460 e. The molecule has 63 heavy (non-hydrogen) atoms. The normalized spacial score (nSPS) is 27.6. The maximum absolute atomic E-state index is 12.1. The van der Waals surface area contributed by atoms with Crippen molar-refractivity contribution in [1.29, 1.82) is 0 Å². The molecule has 0 aliphatic carbocycles. The first-order valence-corrected chi connectivity index (χ1v) is 19.6. The Morgan fingerprint density at radius 1 is 0.571 bits per heavy atom. The van der Waals surface area contributed by atoms with Crippen molar-refractivity contribution in [3.05, 3.63) is 48.6 Å². The van der Waals surface area contributed by atoms with Crippen LogP contribution in [0.1, 0.15) is 27.7 Å². The van der Waals surface area contributed by atoms with E-state index < -0.39 is 176 Å². The Balaban J connectivity index is 2.62. The second kappa shape index (κ2) is 26.9. The Kier molecular flexibility index (Phi) is 23.6. The third-order valence-corrected chi connectivity index (χ3v) is 8.79. The SMILES string of the molecule is C=C(C)C(=O)OCC(O)COC[C@H]1O[C@@](COCC(O)COC(=O)C(=C)C)(O[C@H]2O[C@H](CO)[C@@H](O)[C@H](O)[C@H]2O)[C@@H](OCC(O)COC(=O)C(=C)C)[C@@H]1OCC(O)COC(=O)C(=C)C. The molecule has 8 N–H and O–H groups in total. The summed E-state index contributed by atoms with van der Waals surface area (Å²) in [6.45, 7) is 12.5. The van der Waals surface area contributed by atoms with Crippen molar-refractivity contribution in [3.63, 3.8) is 0 Å². The molecule has 2 aliphatic heterocycles. The number of rotatable bonds is 29. The number of ether oxygens (including phenoxy) is 11. The van der Waals surface area contributed by atoms with Gasteiger partial charge in [0.2, 0.25) is 5.79 Å². The van der Waals surface area contributed by atoms with Crippen molar-refractivity contribution >= 4 is 23.9 Å². The summed E-state index contributed by atoms with van der Waals surface area (Å²) in [5.74, 6) is -5.70. The topological polar surface area (TPSA) is 332 Å². The first kappa shape index (κ1) is 55.4. The molecule has 2 aliphatic rings. The van der Waals surface area contributed by atoms with Gasteiger partial charge in [0, 0.05) is 22.3 Å². The minimum atomic E-state index is -2.46. The van der Waals surface area contributed by atoms with Gasteiger partial charge in [-0.3, -0.25) is 0 Å². The van der Waals surface area contributed by atoms with Crippen LogP contribution in [0.2, 0.25) is 0 Å². The van der Waals surface area contributed by atoms with Gasteiger partial charge in [-0.2, -0.15) is 0 Å². The quantitative estimate of drug-likeness (QED) is 0.0206. The second-order valence-electron chi connectivity index (χ2n) is 15.0. The van der Waals surface area contributed by atoms with Gasteiger partial charge < -0.3 is 93.0 Å². The monoisotopic (exact) mass is 910 g/mol. The molecule has 0 amide bonds. The number of hydrogen-bond acceptors (Lipinski definition) is 23. The zero-order valence-corrected chi connectivity index (χ0v) is 35.7. The summed E-state index contributed by atoms with van der Waals surface area (Å²) in [5, 5.41) is 84.8. The van der Waals surface area contributed by atoms with Crippen LogP contribution in [0.3, 0.4) is 0 Å². The fraction of sp³-hybridized carbons (Fsp3) is 0.700. The van der Waals surface area contributed by atoms with E-state index in [4.69, 9.17) is 52.1 Å². The molecule has 13 atom stereocenters. The van der Waals surface area contributed by atoms with E-state index >= 15 is 0 Å². The molecular weight excluding hydrogens is 848 g/mol. The Labute approximate surface area is 363 Å². The molecule has 2 rings (SSSR count). The van der Waals surface area contributed by atoms with E-state index in [1.807, 2.05) is 0 Å².